The van der Waals surface area contributed by atoms with Gasteiger partial charge in [0.2, 0.25) is 0 Å². The first-order valence-electron chi connectivity index (χ1n) is 8.42. The lowest BCUT2D eigenvalue weighted by molar-refractivity contribution is -0.122. The maximum atomic E-state index is 12.5. The van der Waals surface area contributed by atoms with E-state index >= 15 is 0 Å². The van der Waals surface area contributed by atoms with Crippen molar-refractivity contribution in [2.75, 3.05) is 12.4 Å². The van der Waals surface area contributed by atoms with Gasteiger partial charge in [-0.15, -0.1) is 0 Å². The van der Waals surface area contributed by atoms with Crippen LogP contribution in [0.15, 0.2) is 43.0 Å². The first-order valence-corrected chi connectivity index (χ1v) is 8.42. The van der Waals surface area contributed by atoms with Gasteiger partial charge in [-0.2, -0.15) is 0 Å². The molecule has 1 atom stereocenters. The average Bonchev–Trinajstić information content (AvgIpc) is 3.09. The molecule has 3 aromatic rings. The molecule has 8 nitrogen and oxygen atoms in total. The van der Waals surface area contributed by atoms with E-state index in [1.165, 1.54) is 6.33 Å². The summed E-state index contributed by atoms with van der Waals surface area (Å²) < 4.78 is 12.9. The molecule has 0 fully saturated rings. The van der Waals surface area contributed by atoms with Gasteiger partial charge in [0.1, 0.15) is 23.8 Å². The highest BCUT2D eigenvalue weighted by atomic mass is 16.5. The molecule has 2 aromatic heterocycles. The lowest BCUT2D eigenvalue weighted by Crippen LogP contribution is -2.30. The summed E-state index contributed by atoms with van der Waals surface area (Å²) in [6.07, 6.45) is 4.12. The zero-order valence-corrected chi connectivity index (χ0v) is 15.6. The Balaban J connectivity index is 1.71. The second-order valence-electron chi connectivity index (χ2n) is 6.01. The first kappa shape index (κ1) is 18.4. The van der Waals surface area contributed by atoms with Crippen molar-refractivity contribution in [3.63, 3.8) is 0 Å². The number of imidazole rings is 1. The zero-order chi connectivity index (χ0) is 19.4. The van der Waals surface area contributed by atoms with Crippen LogP contribution in [0.4, 0.5) is 5.82 Å². The second kappa shape index (κ2) is 7.86. The predicted molar refractivity (Wildman–Crippen MR) is 100 cm³/mol. The van der Waals surface area contributed by atoms with Gasteiger partial charge in [-0.1, -0.05) is 6.07 Å². The molecule has 0 aliphatic rings. The third-order valence-electron chi connectivity index (χ3n) is 3.97. The van der Waals surface area contributed by atoms with Gasteiger partial charge in [0.15, 0.2) is 17.6 Å². The third-order valence-corrected chi connectivity index (χ3v) is 3.97. The summed E-state index contributed by atoms with van der Waals surface area (Å²) in [5.74, 6) is 2.53. The topological polar surface area (TPSA) is 91.2 Å². The van der Waals surface area contributed by atoms with Crippen LogP contribution in [0.5, 0.6) is 11.5 Å². The van der Waals surface area contributed by atoms with Gasteiger partial charge in [-0.05, 0) is 38.5 Å². The number of ether oxygens (including phenoxy) is 2. The molecule has 27 heavy (non-hydrogen) atoms. The highest BCUT2D eigenvalue weighted by Crippen LogP contribution is 2.28. The fourth-order valence-corrected chi connectivity index (χ4v) is 2.51. The summed E-state index contributed by atoms with van der Waals surface area (Å²) >= 11 is 0. The molecular formula is C19H21N5O3. The molecule has 0 saturated carbocycles. The van der Waals surface area contributed by atoms with Crippen LogP contribution in [0.25, 0.3) is 5.82 Å². The molecule has 0 aliphatic heterocycles. The molecule has 1 aromatic carbocycles. The molecule has 3 rings (SSSR count). The van der Waals surface area contributed by atoms with Crippen molar-refractivity contribution in [1.29, 1.82) is 0 Å². The number of nitrogens with one attached hydrogen (secondary N) is 1. The number of nitrogens with zero attached hydrogens (tertiary/aromatic N) is 4. The minimum atomic E-state index is -0.741. The van der Waals surface area contributed by atoms with E-state index in [9.17, 15) is 4.79 Å². The second-order valence-corrected chi connectivity index (χ2v) is 6.01. The normalized spacial score (nSPS) is 11.7. The van der Waals surface area contributed by atoms with Crippen molar-refractivity contribution in [2.45, 2.75) is 26.9 Å². The van der Waals surface area contributed by atoms with Crippen LogP contribution in [0.1, 0.15) is 18.3 Å². The number of methoxy groups -OCH3 is 1. The number of aryl methyl sites for hydroxylation is 2. The van der Waals surface area contributed by atoms with Gasteiger partial charge < -0.3 is 14.8 Å². The van der Waals surface area contributed by atoms with E-state index in [0.717, 1.165) is 11.4 Å². The Labute approximate surface area is 157 Å². The number of amides is 1. The van der Waals surface area contributed by atoms with E-state index in [1.807, 2.05) is 26.0 Å². The van der Waals surface area contributed by atoms with E-state index in [4.69, 9.17) is 9.47 Å². The van der Waals surface area contributed by atoms with Crippen molar-refractivity contribution in [3.05, 3.63) is 54.4 Å². The highest BCUT2D eigenvalue weighted by Gasteiger charge is 2.18. The molecule has 1 N–H and O–H groups in total. The Morgan fingerprint density at radius 3 is 2.67 bits per heavy atom. The molecule has 0 saturated heterocycles. The Hall–Kier alpha value is -3.42. The Kier molecular flexibility index (Phi) is 5.35. The van der Waals surface area contributed by atoms with Crippen LogP contribution in [-0.4, -0.2) is 38.6 Å². The monoisotopic (exact) mass is 367 g/mol. The standard InChI is InChI=1S/C19H21N5O3/c1-12-5-6-15(16(9-12)26-4)27-13(2)19(25)23-17-10-18(22-11-21-17)24-8-7-20-14(24)3/h5-11,13H,1-4H3,(H,21,22,23,25)/t13-/m0/s1. The Morgan fingerprint density at radius 1 is 1.15 bits per heavy atom. The minimum absolute atomic E-state index is 0.329. The zero-order valence-electron chi connectivity index (χ0n) is 15.6. The Bertz CT molecular complexity index is 954. The largest absolute Gasteiger partial charge is 0.493 e. The predicted octanol–water partition coefficient (Wildman–Crippen LogP) is 2.69. The molecule has 0 spiro atoms. The van der Waals surface area contributed by atoms with Gasteiger partial charge in [-0.25, -0.2) is 15.0 Å². The number of anilines is 1. The van der Waals surface area contributed by atoms with Crippen LogP contribution in [0, 0.1) is 13.8 Å². The average molecular weight is 367 g/mol. The number of hydrogen-bond acceptors (Lipinski definition) is 6. The SMILES string of the molecule is COc1cc(C)ccc1O[C@@H](C)C(=O)Nc1cc(-n2ccnc2C)ncn1. The molecule has 0 aliphatic carbocycles. The molecular weight excluding hydrogens is 346 g/mol. The fraction of sp³-hybridized carbons (Fsp3) is 0.263. The molecule has 2 heterocycles. The fourth-order valence-electron chi connectivity index (χ4n) is 2.51. The van der Waals surface area contributed by atoms with E-state index in [2.05, 4.69) is 20.3 Å². The van der Waals surface area contributed by atoms with Gasteiger partial charge in [0, 0.05) is 18.5 Å². The smallest absolute Gasteiger partial charge is 0.266 e. The van der Waals surface area contributed by atoms with Crippen LogP contribution in [0.3, 0.4) is 0 Å². The quantitative estimate of drug-likeness (QED) is 0.720. The van der Waals surface area contributed by atoms with Crippen molar-refractivity contribution >= 4 is 11.7 Å². The summed E-state index contributed by atoms with van der Waals surface area (Å²) in [4.78, 5) is 25.0. The first-order chi connectivity index (χ1) is 13.0. The molecule has 0 radical (unpaired) electrons. The maximum absolute atomic E-state index is 12.5. The molecule has 1 amide bonds. The number of carbonyl (C=O) groups excluding carboxylic acids is 1. The van der Waals surface area contributed by atoms with Gasteiger partial charge in [0.05, 0.1) is 7.11 Å². The third kappa shape index (κ3) is 4.22. The van der Waals surface area contributed by atoms with Gasteiger partial charge in [0.25, 0.3) is 5.91 Å². The van der Waals surface area contributed by atoms with Crippen molar-refractivity contribution < 1.29 is 14.3 Å². The number of carbonyl (C=O) groups is 1. The van der Waals surface area contributed by atoms with Gasteiger partial charge in [-0.3, -0.25) is 9.36 Å². The minimum Gasteiger partial charge on any atom is -0.493 e. The van der Waals surface area contributed by atoms with Gasteiger partial charge >= 0.3 is 0 Å². The van der Waals surface area contributed by atoms with E-state index in [-0.39, 0.29) is 5.91 Å². The van der Waals surface area contributed by atoms with Crippen molar-refractivity contribution in [1.82, 2.24) is 19.5 Å². The summed E-state index contributed by atoms with van der Waals surface area (Å²) in [6.45, 7) is 5.49. The summed E-state index contributed by atoms with van der Waals surface area (Å²) in [6, 6.07) is 7.20. The number of benzene rings is 1. The summed E-state index contributed by atoms with van der Waals surface area (Å²) in [7, 11) is 1.56. The van der Waals surface area contributed by atoms with E-state index in [1.54, 1.807) is 43.1 Å². The molecule has 140 valence electrons. The van der Waals surface area contributed by atoms with E-state index < -0.39 is 6.10 Å². The van der Waals surface area contributed by atoms with Crippen LogP contribution >= 0.6 is 0 Å². The van der Waals surface area contributed by atoms with E-state index in [0.29, 0.717) is 23.1 Å². The molecule has 0 bridgehead atoms. The highest BCUT2D eigenvalue weighted by molar-refractivity contribution is 5.93. The number of rotatable bonds is 6. The van der Waals surface area contributed by atoms with Crippen molar-refractivity contribution in [2.24, 2.45) is 0 Å². The molecule has 8 heteroatoms. The number of aromatic nitrogens is 4. The summed E-state index contributed by atoms with van der Waals surface area (Å²) in [5.41, 5.74) is 1.04. The van der Waals surface area contributed by atoms with Crippen LogP contribution in [-0.2, 0) is 4.79 Å². The lowest BCUT2D eigenvalue weighted by Gasteiger charge is -2.17. The lowest BCUT2D eigenvalue weighted by atomic mass is 10.2. The number of hydrogen-bond donors (Lipinski definition) is 1. The summed E-state index contributed by atoms with van der Waals surface area (Å²) in [5, 5.41) is 2.74. The van der Waals surface area contributed by atoms with Crippen molar-refractivity contribution in [3.8, 4) is 17.3 Å². The van der Waals surface area contributed by atoms with Crippen LogP contribution in [0.2, 0.25) is 0 Å². The Morgan fingerprint density at radius 2 is 1.96 bits per heavy atom. The molecule has 0 unspecified atom stereocenters. The maximum Gasteiger partial charge on any atom is 0.266 e. The van der Waals surface area contributed by atoms with Crippen LogP contribution < -0.4 is 14.8 Å².